The Morgan fingerprint density at radius 1 is 1.09 bits per heavy atom. The molecule has 1 unspecified atom stereocenters. The van der Waals surface area contributed by atoms with Crippen molar-refractivity contribution in [1.82, 2.24) is 4.90 Å². The van der Waals surface area contributed by atoms with Crippen molar-refractivity contribution < 1.29 is 35.0 Å². The number of nitrogens with zero attached hydrogens (tertiary/aromatic N) is 1. The zero-order chi connectivity index (χ0) is 17.3. The Hall–Kier alpha value is -0.350. The first-order valence-corrected chi connectivity index (χ1v) is 8.10. The molecule has 4 rings (SSSR count). The Morgan fingerprint density at radius 2 is 1.61 bits per heavy atom. The molecule has 2 aliphatic heterocycles. The topological polar surface area (TPSA) is 125 Å². The number of halogens is 1. The van der Waals surface area contributed by atoms with Crippen molar-refractivity contribution >= 4 is 0 Å². The van der Waals surface area contributed by atoms with Gasteiger partial charge in [-0.2, -0.15) is 4.90 Å². The quantitative estimate of drug-likeness (QED) is 0.357. The van der Waals surface area contributed by atoms with Crippen molar-refractivity contribution in [3.63, 3.8) is 0 Å². The van der Waals surface area contributed by atoms with Crippen LogP contribution in [0.2, 0.25) is 0 Å². The fourth-order valence-electron chi connectivity index (χ4n) is 5.50. The molecule has 2 spiro atoms. The van der Waals surface area contributed by atoms with Crippen molar-refractivity contribution in [1.29, 1.82) is 0 Å². The molecular weight excluding hydrogens is 309 g/mol. The molecule has 4 aliphatic rings. The summed E-state index contributed by atoms with van der Waals surface area (Å²) in [5.41, 5.74) is -4.22. The van der Waals surface area contributed by atoms with Crippen molar-refractivity contribution in [2.75, 3.05) is 0 Å². The van der Waals surface area contributed by atoms with Gasteiger partial charge in [-0.25, -0.2) is 4.39 Å². The van der Waals surface area contributed by atoms with E-state index < -0.39 is 46.1 Å². The maximum Gasteiger partial charge on any atom is 0.238 e. The molecule has 0 aromatic carbocycles. The van der Waals surface area contributed by atoms with E-state index in [0.717, 1.165) is 0 Å². The average molecular weight is 333 g/mol. The number of aliphatic hydroxyl groups is 6. The van der Waals surface area contributed by atoms with Crippen LogP contribution in [0.25, 0.3) is 0 Å². The molecule has 0 bridgehead atoms. The number of rotatable bonds is 2. The summed E-state index contributed by atoms with van der Waals surface area (Å²) in [5.74, 6) is -8.65. The summed E-state index contributed by atoms with van der Waals surface area (Å²) in [4.78, 5) is 0.583. The summed E-state index contributed by atoms with van der Waals surface area (Å²) >= 11 is 0. The maximum atomic E-state index is 14.1. The smallest absolute Gasteiger partial charge is 0.238 e. The largest absolute Gasteiger partial charge is 0.364 e. The molecule has 132 valence electrons. The van der Waals surface area contributed by atoms with Gasteiger partial charge in [0.1, 0.15) is 6.17 Å². The van der Waals surface area contributed by atoms with E-state index in [-0.39, 0.29) is 19.3 Å². The van der Waals surface area contributed by atoms with E-state index in [0.29, 0.717) is 17.7 Å². The van der Waals surface area contributed by atoms with E-state index in [4.69, 9.17) is 0 Å². The zero-order valence-corrected chi connectivity index (χ0v) is 13.2. The summed E-state index contributed by atoms with van der Waals surface area (Å²) in [6.45, 7) is 3.11. The molecule has 0 radical (unpaired) electrons. The van der Waals surface area contributed by atoms with Gasteiger partial charge >= 0.3 is 0 Å². The van der Waals surface area contributed by atoms with Crippen LogP contribution in [0.3, 0.4) is 0 Å². The van der Waals surface area contributed by atoms with Crippen LogP contribution in [0.4, 0.5) is 4.39 Å². The van der Waals surface area contributed by atoms with E-state index >= 15 is 0 Å². The van der Waals surface area contributed by atoms with Gasteiger partial charge in [-0.15, -0.1) is 0 Å². The van der Waals surface area contributed by atoms with E-state index in [2.05, 4.69) is 0 Å². The minimum Gasteiger partial charge on any atom is -0.364 e. The second-order valence-corrected chi connectivity index (χ2v) is 8.45. The summed E-state index contributed by atoms with van der Waals surface area (Å²) < 4.78 is 14.1. The van der Waals surface area contributed by atoms with Crippen LogP contribution in [-0.2, 0) is 0 Å². The van der Waals surface area contributed by atoms with Gasteiger partial charge in [0.2, 0.25) is 11.8 Å². The molecular formula is C15H24FNO6. The van der Waals surface area contributed by atoms with Gasteiger partial charge in [-0.05, 0) is 25.7 Å². The summed E-state index contributed by atoms with van der Waals surface area (Å²) in [5, 5.41) is 63.9. The molecule has 23 heavy (non-hydrogen) atoms. The Morgan fingerprint density at radius 3 is 2.00 bits per heavy atom. The normalized spacial score (nSPS) is 45.9. The van der Waals surface area contributed by atoms with Crippen molar-refractivity contribution in [3.05, 3.63) is 0 Å². The summed E-state index contributed by atoms with van der Waals surface area (Å²) in [6.07, 6.45) is -1.17. The highest BCUT2D eigenvalue weighted by atomic mass is 19.1. The van der Waals surface area contributed by atoms with Gasteiger partial charge in [0.15, 0.2) is 5.79 Å². The second-order valence-electron chi connectivity index (χ2n) is 8.45. The molecule has 2 aliphatic carbocycles. The molecule has 0 aromatic rings. The molecule has 2 saturated heterocycles. The lowest BCUT2D eigenvalue weighted by Gasteiger charge is -2.51. The molecule has 2 saturated carbocycles. The van der Waals surface area contributed by atoms with Gasteiger partial charge < -0.3 is 30.6 Å². The van der Waals surface area contributed by atoms with Crippen molar-refractivity contribution in [2.45, 2.75) is 75.3 Å². The maximum absolute atomic E-state index is 14.1. The van der Waals surface area contributed by atoms with Crippen molar-refractivity contribution in [2.24, 2.45) is 16.7 Å². The fraction of sp³-hybridized carbons (Fsp3) is 1.00. The molecule has 0 aromatic heterocycles. The van der Waals surface area contributed by atoms with Gasteiger partial charge in [-0.3, -0.25) is 0 Å². The van der Waals surface area contributed by atoms with Gasteiger partial charge in [0, 0.05) is 17.8 Å². The molecule has 3 atom stereocenters. The molecule has 8 heteroatoms. The minimum atomic E-state index is -2.85. The van der Waals surface area contributed by atoms with Crippen LogP contribution < -0.4 is 0 Å². The highest BCUT2D eigenvalue weighted by molar-refractivity contribution is 5.35. The Bertz CT molecular complexity index is 574. The van der Waals surface area contributed by atoms with Crippen LogP contribution in [0, 0.1) is 16.7 Å². The standard InChI is InChI=1S/C15H24FNO6/c1-8(2)14(20,21)12-7-11(5-9(11)16)15(22,23)17(12)13(18,19)6-10(12)3-4-10/h8-9,18-23H,3-7H2,1-2H3/t9?,11-,12-/m1/s1. The minimum absolute atomic E-state index is 0.154. The Balaban J connectivity index is 1.97. The van der Waals surface area contributed by atoms with E-state index in [1.165, 1.54) is 0 Å². The summed E-state index contributed by atoms with van der Waals surface area (Å²) in [7, 11) is 0. The first-order chi connectivity index (χ1) is 10.3. The fourth-order valence-corrected chi connectivity index (χ4v) is 5.50. The Labute approximate surface area is 133 Å². The molecule has 2 heterocycles. The third kappa shape index (κ3) is 1.42. The van der Waals surface area contributed by atoms with E-state index in [1.54, 1.807) is 13.8 Å². The average Bonchev–Trinajstić information content (AvgIpc) is 3.22. The van der Waals surface area contributed by atoms with Crippen LogP contribution >= 0.6 is 0 Å². The monoisotopic (exact) mass is 333 g/mol. The number of hydrogen-bond donors (Lipinski definition) is 6. The summed E-state index contributed by atoms with van der Waals surface area (Å²) in [6, 6.07) is 0. The van der Waals surface area contributed by atoms with Gasteiger partial charge in [0.25, 0.3) is 0 Å². The SMILES string of the molecule is CC(C)C(O)(O)[C@]12C[C@@]3(CC3F)C(O)(O)N1C(O)(O)CC21CC1. The van der Waals surface area contributed by atoms with Gasteiger partial charge in [-0.1, -0.05) is 13.8 Å². The highest BCUT2D eigenvalue weighted by Gasteiger charge is 2.92. The first-order valence-electron chi connectivity index (χ1n) is 8.10. The van der Waals surface area contributed by atoms with E-state index in [1.807, 2.05) is 0 Å². The third-order valence-corrected chi connectivity index (χ3v) is 6.99. The van der Waals surface area contributed by atoms with Gasteiger partial charge in [0.05, 0.1) is 11.0 Å². The second kappa shape index (κ2) is 3.75. The number of hydrogen-bond acceptors (Lipinski definition) is 7. The Kier molecular flexibility index (Phi) is 2.63. The molecule has 6 N–H and O–H groups in total. The number of alkyl halides is 1. The highest BCUT2D eigenvalue weighted by Crippen LogP contribution is 2.81. The van der Waals surface area contributed by atoms with Crippen LogP contribution in [0.5, 0.6) is 0 Å². The molecule has 7 nitrogen and oxygen atoms in total. The lowest BCUT2D eigenvalue weighted by molar-refractivity contribution is -0.409. The molecule has 0 amide bonds. The van der Waals surface area contributed by atoms with Crippen LogP contribution in [0.1, 0.15) is 46.0 Å². The predicted octanol–water partition coefficient (Wildman–Crippen LogP) is -1.04. The van der Waals surface area contributed by atoms with Crippen LogP contribution in [0.15, 0.2) is 0 Å². The van der Waals surface area contributed by atoms with E-state index in [9.17, 15) is 35.0 Å². The van der Waals surface area contributed by atoms with Crippen molar-refractivity contribution in [3.8, 4) is 0 Å². The lowest BCUT2D eigenvalue weighted by atomic mass is 9.68. The molecule has 4 fully saturated rings. The number of fused-ring (bicyclic) bond motifs is 2. The predicted molar refractivity (Wildman–Crippen MR) is 73.8 cm³/mol. The third-order valence-electron chi connectivity index (χ3n) is 6.99. The van der Waals surface area contributed by atoms with Crippen LogP contribution in [-0.4, -0.2) is 64.9 Å². The zero-order valence-electron chi connectivity index (χ0n) is 13.2. The lowest BCUT2D eigenvalue weighted by Crippen LogP contribution is -2.71. The first kappa shape index (κ1) is 16.1.